The molecule has 0 N–H and O–H groups in total. The first-order valence-electron chi connectivity index (χ1n) is 8.30. The third-order valence-corrected chi connectivity index (χ3v) is 5.63. The van der Waals surface area contributed by atoms with Gasteiger partial charge in [-0.2, -0.15) is 0 Å². The van der Waals surface area contributed by atoms with E-state index >= 15 is 0 Å². The van der Waals surface area contributed by atoms with Crippen molar-refractivity contribution in [2.24, 2.45) is 0 Å². The highest BCUT2D eigenvalue weighted by molar-refractivity contribution is 7.12. The first-order valence-corrected chi connectivity index (χ1v) is 9.18. The summed E-state index contributed by atoms with van der Waals surface area (Å²) in [5.41, 5.74) is 2.08. The highest BCUT2D eigenvalue weighted by Gasteiger charge is 2.30. The van der Waals surface area contributed by atoms with Crippen LogP contribution in [0.3, 0.4) is 0 Å². The van der Waals surface area contributed by atoms with E-state index in [9.17, 15) is 9.18 Å². The quantitative estimate of drug-likeness (QED) is 0.818. The number of carbonyl (C=O) groups is 1. The Morgan fingerprint density at radius 2 is 2.08 bits per heavy atom. The Hall–Kier alpha value is -1.72. The topological polar surface area (TPSA) is 29.5 Å². The molecule has 3 nitrogen and oxygen atoms in total. The maximum absolute atomic E-state index is 13.1. The molecule has 0 unspecified atom stereocenters. The fourth-order valence-electron chi connectivity index (χ4n) is 3.17. The maximum Gasteiger partial charge on any atom is 0.264 e. The third kappa shape index (κ3) is 3.52. The van der Waals surface area contributed by atoms with Crippen LogP contribution < -0.4 is 0 Å². The number of aryl methyl sites for hydroxylation is 1. The van der Waals surface area contributed by atoms with Crippen molar-refractivity contribution < 1.29 is 13.9 Å². The Kier molecular flexibility index (Phi) is 5.31. The van der Waals surface area contributed by atoms with E-state index in [0.29, 0.717) is 6.61 Å². The number of carbonyl (C=O) groups excluding carboxylic acids is 1. The van der Waals surface area contributed by atoms with E-state index in [1.165, 1.54) is 23.5 Å². The molecule has 128 valence electrons. The van der Waals surface area contributed by atoms with E-state index in [2.05, 4.69) is 6.92 Å². The second kappa shape index (κ2) is 7.45. The van der Waals surface area contributed by atoms with E-state index < -0.39 is 0 Å². The Morgan fingerprint density at radius 1 is 1.33 bits per heavy atom. The molecule has 2 heterocycles. The van der Waals surface area contributed by atoms with Crippen LogP contribution in [0, 0.1) is 5.82 Å². The summed E-state index contributed by atoms with van der Waals surface area (Å²) in [7, 11) is 1.87. The van der Waals surface area contributed by atoms with Crippen molar-refractivity contribution >= 4 is 17.2 Å². The number of hydrogen-bond acceptors (Lipinski definition) is 3. The predicted molar refractivity (Wildman–Crippen MR) is 93.9 cm³/mol. The summed E-state index contributed by atoms with van der Waals surface area (Å²) in [6.45, 7) is 2.67. The zero-order valence-corrected chi connectivity index (χ0v) is 14.8. The molecule has 1 aromatic heterocycles. The monoisotopic (exact) mass is 347 g/mol. The van der Waals surface area contributed by atoms with Crippen molar-refractivity contribution in [2.75, 3.05) is 13.7 Å². The van der Waals surface area contributed by atoms with Crippen LogP contribution in [0.4, 0.5) is 4.39 Å². The van der Waals surface area contributed by atoms with E-state index in [1.54, 1.807) is 12.1 Å². The zero-order valence-electron chi connectivity index (χ0n) is 14.0. The Bertz CT molecular complexity index is 698. The molecule has 2 aromatic rings. The molecule has 1 aromatic carbocycles. The van der Waals surface area contributed by atoms with Gasteiger partial charge >= 0.3 is 0 Å². The smallest absolute Gasteiger partial charge is 0.264 e. The highest BCUT2D eigenvalue weighted by Crippen LogP contribution is 2.31. The average Bonchev–Trinajstić information content (AvgIpc) is 3.10. The van der Waals surface area contributed by atoms with Crippen molar-refractivity contribution in [3.63, 3.8) is 0 Å². The van der Waals surface area contributed by atoms with Crippen LogP contribution in [0.5, 0.6) is 0 Å². The average molecular weight is 347 g/mol. The van der Waals surface area contributed by atoms with Gasteiger partial charge in [0.25, 0.3) is 5.91 Å². The number of thiophene rings is 1. The molecule has 24 heavy (non-hydrogen) atoms. The molecule has 0 saturated carbocycles. The molecule has 3 rings (SSSR count). The van der Waals surface area contributed by atoms with Crippen molar-refractivity contribution in [1.82, 2.24) is 4.90 Å². The van der Waals surface area contributed by atoms with Crippen molar-refractivity contribution in [1.29, 1.82) is 0 Å². The molecule has 1 amide bonds. The standard InChI is InChI=1S/C19H22FNO2S/c1-3-13-9-11-24-18(13)19(22)21(2)16-8-10-23-17(12-16)14-4-6-15(20)7-5-14/h4-7,9,11,16-17H,3,8,10,12H2,1-2H3/t16-,17+/m1/s1. The predicted octanol–water partition coefficient (Wildman–Crippen LogP) is 4.44. The van der Waals surface area contributed by atoms with Crippen molar-refractivity contribution in [2.45, 2.75) is 38.3 Å². The van der Waals surface area contributed by atoms with Gasteiger partial charge in [0.2, 0.25) is 0 Å². The molecular formula is C19H22FNO2S. The molecule has 0 spiro atoms. The van der Waals surface area contributed by atoms with Crippen LogP contribution in [0.25, 0.3) is 0 Å². The lowest BCUT2D eigenvalue weighted by Gasteiger charge is -2.35. The van der Waals surface area contributed by atoms with Gasteiger partial charge in [0.1, 0.15) is 5.82 Å². The molecular weight excluding hydrogens is 325 g/mol. The Morgan fingerprint density at radius 3 is 2.79 bits per heavy atom. The summed E-state index contributed by atoms with van der Waals surface area (Å²) >= 11 is 1.51. The number of benzene rings is 1. The van der Waals surface area contributed by atoms with Crippen molar-refractivity contribution in [3.8, 4) is 0 Å². The summed E-state index contributed by atoms with van der Waals surface area (Å²) in [4.78, 5) is 15.5. The molecule has 0 aliphatic carbocycles. The molecule has 1 aliphatic rings. The number of halogens is 1. The van der Waals surface area contributed by atoms with Gasteiger partial charge in [-0.05, 0) is 54.0 Å². The van der Waals surface area contributed by atoms with Gasteiger partial charge in [-0.3, -0.25) is 4.79 Å². The van der Waals surface area contributed by atoms with Gasteiger partial charge in [-0.1, -0.05) is 19.1 Å². The van der Waals surface area contributed by atoms with Gasteiger partial charge in [0.15, 0.2) is 0 Å². The lowest BCUT2D eigenvalue weighted by molar-refractivity contribution is -0.0196. The van der Waals surface area contributed by atoms with E-state index in [-0.39, 0.29) is 23.9 Å². The van der Waals surface area contributed by atoms with Gasteiger partial charge in [-0.25, -0.2) is 4.39 Å². The van der Waals surface area contributed by atoms with E-state index in [1.807, 2.05) is 23.4 Å². The van der Waals surface area contributed by atoms with Crippen LogP contribution in [0.2, 0.25) is 0 Å². The lowest BCUT2D eigenvalue weighted by Crippen LogP contribution is -2.41. The zero-order chi connectivity index (χ0) is 17.1. The minimum absolute atomic E-state index is 0.0893. The van der Waals surface area contributed by atoms with Crippen molar-refractivity contribution in [3.05, 3.63) is 57.5 Å². The number of nitrogens with zero attached hydrogens (tertiary/aromatic N) is 1. The summed E-state index contributed by atoms with van der Waals surface area (Å²) in [5.74, 6) is -0.158. The summed E-state index contributed by atoms with van der Waals surface area (Å²) in [6, 6.07) is 8.59. The van der Waals surface area contributed by atoms with Crippen LogP contribution in [-0.2, 0) is 11.2 Å². The van der Waals surface area contributed by atoms with Crippen LogP contribution in [0.1, 0.15) is 46.7 Å². The molecule has 1 saturated heterocycles. The molecule has 1 aliphatic heterocycles. The minimum Gasteiger partial charge on any atom is -0.373 e. The SMILES string of the molecule is CCc1ccsc1C(=O)N(C)[C@@H]1CCO[C@H](c2ccc(F)cc2)C1. The summed E-state index contributed by atoms with van der Waals surface area (Å²) in [5, 5.41) is 1.98. The number of amides is 1. The number of ether oxygens (including phenoxy) is 1. The molecule has 0 bridgehead atoms. The van der Waals surface area contributed by atoms with Crippen LogP contribution in [0.15, 0.2) is 35.7 Å². The van der Waals surface area contributed by atoms with Gasteiger partial charge in [-0.15, -0.1) is 11.3 Å². The lowest BCUT2D eigenvalue weighted by atomic mass is 9.96. The van der Waals surface area contributed by atoms with Gasteiger partial charge < -0.3 is 9.64 Å². The Labute approximate surface area is 146 Å². The molecule has 5 heteroatoms. The van der Waals surface area contributed by atoms with E-state index in [4.69, 9.17) is 4.74 Å². The largest absolute Gasteiger partial charge is 0.373 e. The van der Waals surface area contributed by atoms with Crippen LogP contribution in [-0.4, -0.2) is 30.5 Å². The first kappa shape index (κ1) is 17.1. The van der Waals surface area contributed by atoms with Gasteiger partial charge in [0.05, 0.1) is 11.0 Å². The fourth-order valence-corrected chi connectivity index (χ4v) is 4.15. The van der Waals surface area contributed by atoms with Gasteiger partial charge in [0, 0.05) is 19.7 Å². The second-order valence-electron chi connectivity index (χ2n) is 6.13. The third-order valence-electron chi connectivity index (χ3n) is 4.69. The molecule has 0 radical (unpaired) electrons. The summed E-state index contributed by atoms with van der Waals surface area (Å²) in [6.07, 6.45) is 2.34. The Balaban J connectivity index is 1.72. The summed E-state index contributed by atoms with van der Waals surface area (Å²) < 4.78 is 18.9. The number of hydrogen-bond donors (Lipinski definition) is 0. The number of rotatable bonds is 4. The highest BCUT2D eigenvalue weighted by atomic mass is 32.1. The van der Waals surface area contributed by atoms with E-state index in [0.717, 1.165) is 35.3 Å². The van der Waals surface area contributed by atoms with Crippen LogP contribution >= 0.6 is 11.3 Å². The molecule has 2 atom stereocenters. The minimum atomic E-state index is -0.247. The maximum atomic E-state index is 13.1. The fraction of sp³-hybridized carbons (Fsp3) is 0.421. The first-order chi connectivity index (χ1) is 11.6. The normalized spacial score (nSPS) is 20.8. The molecule has 1 fully saturated rings. The second-order valence-corrected chi connectivity index (χ2v) is 7.05.